The fraction of sp³-hybridized carbons (Fsp3) is 0.725. The van der Waals surface area contributed by atoms with Gasteiger partial charge in [0.2, 0.25) is 23.6 Å². The van der Waals surface area contributed by atoms with Gasteiger partial charge in [-0.3, -0.25) is 33.6 Å². The summed E-state index contributed by atoms with van der Waals surface area (Å²) in [6, 6.07) is 7.10. The van der Waals surface area contributed by atoms with E-state index in [1.54, 1.807) is 23.8 Å². The highest BCUT2D eigenvalue weighted by molar-refractivity contribution is 7.84. The van der Waals surface area contributed by atoms with Gasteiger partial charge in [-0.05, 0) is 57.2 Å². The summed E-state index contributed by atoms with van der Waals surface area (Å²) in [6.45, 7) is 9.96. The molecule has 3 N–H and O–H groups in total. The predicted octanol–water partition coefficient (Wildman–Crippen LogP) is 2.28. The molecule has 3 rings (SSSR count). The molecule has 310 valence electrons. The first-order valence-corrected chi connectivity index (χ1v) is 20.9. The Bertz CT molecular complexity index is 1450. The minimum atomic E-state index is -1.51. The highest BCUT2D eigenvalue weighted by Crippen LogP contribution is 2.30. The molecule has 2 aliphatic rings. The molecule has 9 atom stereocenters. The molecular weight excluding hydrogens is 725 g/mol. The van der Waals surface area contributed by atoms with E-state index >= 15 is 0 Å². The first kappa shape index (κ1) is 46.0. The highest BCUT2D eigenvalue weighted by Gasteiger charge is 2.43. The number of rotatable bonds is 22. The Morgan fingerprint density at radius 3 is 2.13 bits per heavy atom. The summed E-state index contributed by atoms with van der Waals surface area (Å²) in [4.78, 5) is 72.9. The summed E-state index contributed by atoms with van der Waals surface area (Å²) in [5.74, 6) is -2.33. The van der Waals surface area contributed by atoms with E-state index in [0.29, 0.717) is 19.4 Å². The average molecular weight is 791 g/mol. The number of hydrogen-bond donors (Lipinski definition) is 3. The van der Waals surface area contributed by atoms with E-state index < -0.39 is 59.1 Å². The van der Waals surface area contributed by atoms with Crippen molar-refractivity contribution in [2.45, 2.75) is 121 Å². The fourth-order valence-corrected chi connectivity index (χ4v) is 8.82. The van der Waals surface area contributed by atoms with E-state index in [9.17, 15) is 28.2 Å². The molecule has 0 bridgehead atoms. The molecule has 14 nitrogen and oxygen atoms in total. The molecule has 0 spiro atoms. The zero-order valence-electron chi connectivity index (χ0n) is 34.5. The lowest BCUT2D eigenvalue weighted by molar-refractivity contribution is -0.146. The van der Waals surface area contributed by atoms with Crippen LogP contribution in [0.15, 0.2) is 30.3 Å². The van der Waals surface area contributed by atoms with Crippen LogP contribution < -0.4 is 15.4 Å². The van der Waals surface area contributed by atoms with E-state index in [1.807, 2.05) is 77.0 Å². The fourth-order valence-electron chi connectivity index (χ4n) is 7.75. The number of carbonyl (C=O) groups is 5. The second kappa shape index (κ2) is 21.8. The number of likely N-dealkylation sites (tertiary alicyclic amines) is 1. The Morgan fingerprint density at radius 2 is 1.58 bits per heavy atom. The van der Waals surface area contributed by atoms with Crippen molar-refractivity contribution >= 4 is 40.5 Å². The summed E-state index contributed by atoms with van der Waals surface area (Å²) in [6.07, 6.45) is 2.53. The number of ether oxygens (including phenoxy) is 2. The molecule has 1 aliphatic heterocycles. The second-order valence-corrected chi connectivity index (χ2v) is 17.2. The maximum absolute atomic E-state index is 14.1. The number of amides is 5. The normalized spacial score (nSPS) is 20.1. The molecule has 15 heteroatoms. The van der Waals surface area contributed by atoms with Gasteiger partial charge < -0.3 is 29.9 Å². The van der Waals surface area contributed by atoms with Crippen LogP contribution in [-0.4, -0.2) is 139 Å². The number of methoxy groups -OCH3 is 2. The minimum Gasteiger partial charge on any atom is -0.379 e. The third kappa shape index (κ3) is 12.8. The van der Waals surface area contributed by atoms with Crippen molar-refractivity contribution in [2.24, 2.45) is 17.8 Å². The van der Waals surface area contributed by atoms with Gasteiger partial charge in [0.25, 0.3) is 5.91 Å². The smallest absolute Gasteiger partial charge is 0.254 e. The monoisotopic (exact) mass is 790 g/mol. The number of nitrogens with one attached hydrogen (secondary N) is 3. The van der Waals surface area contributed by atoms with Crippen LogP contribution in [0.25, 0.3) is 0 Å². The van der Waals surface area contributed by atoms with Gasteiger partial charge in [0.1, 0.15) is 17.0 Å². The van der Waals surface area contributed by atoms with E-state index in [4.69, 9.17) is 9.47 Å². The van der Waals surface area contributed by atoms with Crippen LogP contribution in [0.4, 0.5) is 0 Å². The summed E-state index contributed by atoms with van der Waals surface area (Å²) < 4.78 is 27.0. The average Bonchev–Trinajstić information content (AvgIpc) is 3.90. The lowest BCUT2D eigenvalue weighted by Crippen LogP contribution is -2.56. The SMILES string of the molecule is CCC(C)C([C@@H](CC(=O)N1CCCC1C(OC)C(C)C(=O)NC(Cc1ccccc1)C(=O)NS(=O)C1CC1)OC)N(C)C(=O)CNC(=O)C(C(C)C)N(C)C. The molecule has 5 amide bonds. The van der Waals surface area contributed by atoms with Crippen molar-refractivity contribution in [3.63, 3.8) is 0 Å². The largest absolute Gasteiger partial charge is 0.379 e. The number of benzene rings is 1. The maximum atomic E-state index is 14.1. The summed E-state index contributed by atoms with van der Waals surface area (Å²) in [7, 11) is 6.88. The van der Waals surface area contributed by atoms with Crippen molar-refractivity contribution < 1.29 is 37.7 Å². The quantitative estimate of drug-likeness (QED) is 0.160. The van der Waals surface area contributed by atoms with Crippen LogP contribution in [0, 0.1) is 17.8 Å². The van der Waals surface area contributed by atoms with Crippen molar-refractivity contribution in [1.29, 1.82) is 0 Å². The van der Waals surface area contributed by atoms with Crippen LogP contribution in [0.3, 0.4) is 0 Å². The molecule has 1 heterocycles. The zero-order chi connectivity index (χ0) is 41.0. The van der Waals surface area contributed by atoms with Crippen LogP contribution in [0.1, 0.15) is 78.7 Å². The van der Waals surface area contributed by atoms with Crippen LogP contribution in [-0.2, 0) is 50.9 Å². The second-order valence-electron chi connectivity index (χ2n) is 15.7. The third-order valence-electron chi connectivity index (χ3n) is 11.1. The Balaban J connectivity index is 1.73. The first-order chi connectivity index (χ1) is 26.1. The number of likely N-dealkylation sites (N-methyl/N-ethyl adjacent to an activating group) is 2. The van der Waals surface area contributed by atoms with Crippen molar-refractivity contribution in [1.82, 2.24) is 30.1 Å². The minimum absolute atomic E-state index is 0.00347. The first-order valence-electron chi connectivity index (χ1n) is 19.7. The molecule has 1 saturated heterocycles. The topological polar surface area (TPSA) is 167 Å². The Morgan fingerprint density at radius 1 is 0.927 bits per heavy atom. The Labute approximate surface area is 330 Å². The molecule has 2 fully saturated rings. The van der Waals surface area contributed by atoms with Crippen LogP contribution in [0.5, 0.6) is 0 Å². The van der Waals surface area contributed by atoms with E-state index in [0.717, 1.165) is 24.8 Å². The zero-order valence-corrected chi connectivity index (χ0v) is 35.4. The summed E-state index contributed by atoms with van der Waals surface area (Å²) in [5.41, 5.74) is 0.841. The van der Waals surface area contributed by atoms with Gasteiger partial charge in [-0.25, -0.2) is 4.21 Å². The van der Waals surface area contributed by atoms with Gasteiger partial charge in [-0.1, -0.05) is 71.4 Å². The summed E-state index contributed by atoms with van der Waals surface area (Å²) in [5, 5.41) is 5.63. The van der Waals surface area contributed by atoms with Gasteiger partial charge >= 0.3 is 0 Å². The highest BCUT2D eigenvalue weighted by atomic mass is 32.2. The predicted molar refractivity (Wildman–Crippen MR) is 213 cm³/mol. The van der Waals surface area contributed by atoms with Crippen molar-refractivity contribution in [2.75, 3.05) is 48.5 Å². The van der Waals surface area contributed by atoms with Crippen LogP contribution in [0.2, 0.25) is 0 Å². The Kier molecular flexibility index (Phi) is 18.2. The molecule has 1 saturated carbocycles. The standard InChI is InChI=1S/C40H66N6O8S/c1-11-26(4)36(45(8)34(48)24-41-40(51)35(25(2)3)44(6)7)32(53-9)23-33(47)46-21-15-18-31(46)37(54-10)27(5)38(49)42-30(22-28-16-13-12-14-17-28)39(50)43-55(52)29-19-20-29/h12-14,16-17,25-27,29-32,35-37H,11,15,18-24H2,1-10H3,(H,41,51)(H,42,49)(H,43,50)/t26?,27?,30?,31?,32-,35?,36?,37?,55?/m1/s1. The van der Waals surface area contributed by atoms with Crippen molar-refractivity contribution in [3.05, 3.63) is 35.9 Å². The summed E-state index contributed by atoms with van der Waals surface area (Å²) >= 11 is 0. The van der Waals surface area contributed by atoms with Gasteiger partial charge in [0.15, 0.2) is 0 Å². The molecule has 0 radical (unpaired) electrons. The molecular formula is C40H66N6O8S. The lowest BCUT2D eigenvalue weighted by atomic mass is 9.90. The molecule has 8 unspecified atom stereocenters. The molecule has 1 aromatic rings. The van der Waals surface area contributed by atoms with Gasteiger partial charge in [-0.15, -0.1) is 0 Å². The van der Waals surface area contributed by atoms with E-state index in [2.05, 4.69) is 15.4 Å². The van der Waals surface area contributed by atoms with Crippen molar-refractivity contribution in [3.8, 4) is 0 Å². The maximum Gasteiger partial charge on any atom is 0.254 e. The number of carbonyl (C=O) groups excluding carboxylic acids is 5. The molecule has 1 aromatic carbocycles. The lowest BCUT2D eigenvalue weighted by Gasteiger charge is -2.39. The van der Waals surface area contributed by atoms with Gasteiger partial charge in [0, 0.05) is 34.2 Å². The Hall–Kier alpha value is -3.40. The molecule has 55 heavy (non-hydrogen) atoms. The van der Waals surface area contributed by atoms with Gasteiger partial charge in [-0.2, -0.15) is 0 Å². The van der Waals surface area contributed by atoms with Crippen LogP contribution >= 0.6 is 0 Å². The number of hydrogen-bond acceptors (Lipinski definition) is 9. The van der Waals surface area contributed by atoms with E-state index in [1.165, 1.54) is 14.2 Å². The number of nitrogens with zero attached hydrogens (tertiary/aromatic N) is 3. The molecule has 0 aromatic heterocycles. The van der Waals surface area contributed by atoms with E-state index in [-0.39, 0.29) is 60.2 Å². The van der Waals surface area contributed by atoms with Gasteiger partial charge in [0.05, 0.1) is 54.5 Å². The molecule has 1 aliphatic carbocycles. The third-order valence-corrected chi connectivity index (χ3v) is 12.6.